The molecule has 4 nitrogen and oxygen atoms in total. The summed E-state index contributed by atoms with van der Waals surface area (Å²) in [5.41, 5.74) is 3.25. The summed E-state index contributed by atoms with van der Waals surface area (Å²) >= 11 is 0. The van der Waals surface area contributed by atoms with E-state index in [0.29, 0.717) is 12.2 Å². The van der Waals surface area contributed by atoms with Gasteiger partial charge in [-0.15, -0.1) is 0 Å². The van der Waals surface area contributed by atoms with Gasteiger partial charge in [0.15, 0.2) is 0 Å². The van der Waals surface area contributed by atoms with Crippen molar-refractivity contribution >= 4 is 5.91 Å². The lowest BCUT2D eigenvalue weighted by Crippen LogP contribution is -2.27. The van der Waals surface area contributed by atoms with Crippen molar-refractivity contribution in [3.8, 4) is 0 Å². The molecule has 7 heteroatoms. The zero-order valence-electron chi connectivity index (χ0n) is 11.9. The molecule has 1 aromatic rings. The molecule has 1 aliphatic carbocycles. The standard InChI is InChI=1S/C14H18F3N3O/c1-9-10-3-2-4-11(10)20-12(19-9)6-8-18-13(21)5-7-14(15,16)17/h2-8H2,1H3,(H,18,21). The van der Waals surface area contributed by atoms with Crippen LogP contribution in [-0.2, 0) is 24.1 Å². The lowest BCUT2D eigenvalue weighted by atomic mass is 10.2. The summed E-state index contributed by atoms with van der Waals surface area (Å²) in [5.74, 6) is 0.0504. The first-order valence-corrected chi connectivity index (χ1v) is 7.04. The summed E-state index contributed by atoms with van der Waals surface area (Å²) in [6, 6.07) is 0. The van der Waals surface area contributed by atoms with Crippen molar-refractivity contribution < 1.29 is 18.0 Å². The molecule has 1 heterocycles. The highest BCUT2D eigenvalue weighted by molar-refractivity contribution is 5.75. The maximum Gasteiger partial charge on any atom is 0.389 e. The van der Waals surface area contributed by atoms with E-state index < -0.39 is 24.9 Å². The molecule has 1 aromatic heterocycles. The average molecular weight is 301 g/mol. The number of carbonyl (C=O) groups is 1. The number of rotatable bonds is 5. The molecule has 1 amide bonds. The zero-order valence-corrected chi connectivity index (χ0v) is 11.9. The third-order valence-corrected chi connectivity index (χ3v) is 3.49. The normalized spacial score (nSPS) is 14.1. The molecule has 0 fully saturated rings. The van der Waals surface area contributed by atoms with Gasteiger partial charge in [0.2, 0.25) is 5.91 Å². The number of hydrogen-bond acceptors (Lipinski definition) is 3. The zero-order chi connectivity index (χ0) is 15.5. The van der Waals surface area contributed by atoms with Gasteiger partial charge in [-0.2, -0.15) is 13.2 Å². The molecule has 1 N–H and O–H groups in total. The van der Waals surface area contributed by atoms with E-state index >= 15 is 0 Å². The lowest BCUT2D eigenvalue weighted by Gasteiger charge is -2.09. The minimum Gasteiger partial charge on any atom is -0.356 e. The van der Waals surface area contributed by atoms with Crippen LogP contribution in [0.4, 0.5) is 13.2 Å². The van der Waals surface area contributed by atoms with Crippen LogP contribution in [0.5, 0.6) is 0 Å². The molecule has 0 unspecified atom stereocenters. The van der Waals surface area contributed by atoms with Crippen molar-refractivity contribution in [1.29, 1.82) is 0 Å². The van der Waals surface area contributed by atoms with Crippen LogP contribution in [0.2, 0.25) is 0 Å². The molecular weight excluding hydrogens is 283 g/mol. The van der Waals surface area contributed by atoms with Crippen LogP contribution in [0, 0.1) is 6.92 Å². The Bertz CT molecular complexity index is 529. The Balaban J connectivity index is 1.79. The third-order valence-electron chi connectivity index (χ3n) is 3.49. The van der Waals surface area contributed by atoms with E-state index in [1.54, 1.807) is 0 Å². The number of carbonyl (C=O) groups excluding carboxylic acids is 1. The Labute approximate surface area is 121 Å². The van der Waals surface area contributed by atoms with E-state index in [1.165, 1.54) is 5.56 Å². The van der Waals surface area contributed by atoms with Crippen LogP contribution in [-0.4, -0.2) is 28.6 Å². The number of fused-ring (bicyclic) bond motifs is 1. The average Bonchev–Trinajstić information content (AvgIpc) is 2.84. The molecule has 21 heavy (non-hydrogen) atoms. The Morgan fingerprint density at radius 1 is 1.29 bits per heavy atom. The van der Waals surface area contributed by atoms with Gasteiger partial charge in [-0.3, -0.25) is 4.79 Å². The van der Waals surface area contributed by atoms with Crippen molar-refractivity contribution in [1.82, 2.24) is 15.3 Å². The monoisotopic (exact) mass is 301 g/mol. The summed E-state index contributed by atoms with van der Waals surface area (Å²) in [5, 5.41) is 2.47. The van der Waals surface area contributed by atoms with E-state index in [1.807, 2.05) is 6.92 Å². The van der Waals surface area contributed by atoms with Crippen LogP contribution >= 0.6 is 0 Å². The first-order chi connectivity index (χ1) is 9.85. The Morgan fingerprint density at radius 3 is 2.76 bits per heavy atom. The number of nitrogens with one attached hydrogen (secondary N) is 1. The fourth-order valence-electron chi connectivity index (χ4n) is 2.45. The number of aromatic nitrogens is 2. The van der Waals surface area contributed by atoms with E-state index in [-0.39, 0.29) is 6.54 Å². The van der Waals surface area contributed by atoms with Crippen LogP contribution in [0.3, 0.4) is 0 Å². The van der Waals surface area contributed by atoms with E-state index in [0.717, 1.165) is 30.7 Å². The van der Waals surface area contributed by atoms with Crippen molar-refractivity contribution in [2.24, 2.45) is 0 Å². The van der Waals surface area contributed by atoms with E-state index in [2.05, 4.69) is 15.3 Å². The predicted octanol–water partition coefficient (Wildman–Crippen LogP) is 2.27. The van der Waals surface area contributed by atoms with Crippen LogP contribution in [0.25, 0.3) is 0 Å². The fraction of sp³-hybridized carbons (Fsp3) is 0.643. The van der Waals surface area contributed by atoms with Gasteiger partial charge in [-0.05, 0) is 31.7 Å². The Hall–Kier alpha value is -1.66. The number of amides is 1. The SMILES string of the molecule is Cc1nc(CCNC(=O)CCC(F)(F)F)nc2c1CCC2. The van der Waals surface area contributed by atoms with Gasteiger partial charge in [0.1, 0.15) is 5.82 Å². The highest BCUT2D eigenvalue weighted by atomic mass is 19.4. The molecule has 0 aromatic carbocycles. The summed E-state index contributed by atoms with van der Waals surface area (Å²) in [7, 11) is 0. The van der Waals surface area contributed by atoms with Gasteiger partial charge < -0.3 is 5.32 Å². The summed E-state index contributed by atoms with van der Waals surface area (Å²) in [6.45, 7) is 2.20. The number of nitrogens with zero attached hydrogens (tertiary/aromatic N) is 2. The van der Waals surface area contributed by atoms with Gasteiger partial charge in [-0.1, -0.05) is 0 Å². The minimum atomic E-state index is -4.29. The first-order valence-electron chi connectivity index (χ1n) is 7.04. The molecule has 0 aliphatic heterocycles. The van der Waals surface area contributed by atoms with Crippen molar-refractivity contribution in [3.63, 3.8) is 0 Å². The third kappa shape index (κ3) is 4.68. The number of alkyl halides is 3. The second-order valence-electron chi connectivity index (χ2n) is 5.22. The van der Waals surface area contributed by atoms with Gasteiger partial charge in [0.25, 0.3) is 0 Å². The molecule has 2 rings (SSSR count). The smallest absolute Gasteiger partial charge is 0.356 e. The van der Waals surface area contributed by atoms with Crippen molar-refractivity contribution in [2.75, 3.05) is 6.54 Å². The molecule has 0 spiro atoms. The topological polar surface area (TPSA) is 54.9 Å². The maximum absolute atomic E-state index is 12.0. The lowest BCUT2D eigenvalue weighted by molar-refractivity contribution is -0.144. The van der Waals surface area contributed by atoms with Crippen LogP contribution in [0.15, 0.2) is 0 Å². The van der Waals surface area contributed by atoms with Crippen LogP contribution < -0.4 is 5.32 Å². The molecule has 0 saturated heterocycles. The second kappa shape index (κ2) is 6.41. The summed E-state index contributed by atoms with van der Waals surface area (Å²) < 4.78 is 35.9. The highest BCUT2D eigenvalue weighted by Gasteiger charge is 2.27. The largest absolute Gasteiger partial charge is 0.389 e. The molecule has 116 valence electrons. The van der Waals surface area contributed by atoms with E-state index in [4.69, 9.17) is 0 Å². The van der Waals surface area contributed by atoms with Gasteiger partial charge >= 0.3 is 6.18 Å². The Kier molecular flexibility index (Phi) is 4.80. The molecular formula is C14H18F3N3O. The summed E-state index contributed by atoms with van der Waals surface area (Å²) in [4.78, 5) is 20.1. The highest BCUT2D eigenvalue weighted by Crippen LogP contribution is 2.22. The number of aryl methyl sites for hydroxylation is 2. The Morgan fingerprint density at radius 2 is 2.05 bits per heavy atom. The number of halogens is 3. The quantitative estimate of drug-likeness (QED) is 0.907. The predicted molar refractivity (Wildman–Crippen MR) is 70.8 cm³/mol. The molecule has 1 aliphatic rings. The molecule has 0 bridgehead atoms. The maximum atomic E-state index is 12.0. The van der Waals surface area contributed by atoms with Crippen LogP contribution in [0.1, 0.15) is 42.0 Å². The first kappa shape index (κ1) is 15.7. The van der Waals surface area contributed by atoms with Crippen molar-refractivity contribution in [2.45, 2.75) is 51.6 Å². The fourth-order valence-corrected chi connectivity index (χ4v) is 2.45. The molecule has 0 radical (unpaired) electrons. The summed E-state index contributed by atoms with van der Waals surface area (Å²) in [6.07, 6.45) is -2.44. The van der Waals surface area contributed by atoms with Crippen molar-refractivity contribution in [3.05, 3.63) is 22.8 Å². The van der Waals surface area contributed by atoms with Gasteiger partial charge in [0, 0.05) is 30.8 Å². The van der Waals surface area contributed by atoms with Gasteiger partial charge in [0.05, 0.1) is 6.42 Å². The minimum absolute atomic E-state index is 0.259. The van der Waals surface area contributed by atoms with E-state index in [9.17, 15) is 18.0 Å². The second-order valence-corrected chi connectivity index (χ2v) is 5.22. The van der Waals surface area contributed by atoms with Gasteiger partial charge in [-0.25, -0.2) is 9.97 Å². The molecule has 0 saturated carbocycles. The number of hydrogen-bond donors (Lipinski definition) is 1. The molecule has 0 atom stereocenters.